The predicted octanol–water partition coefficient (Wildman–Crippen LogP) is 13.7. The Bertz CT molecular complexity index is 3210. The molecule has 3 atom stereocenters. The summed E-state index contributed by atoms with van der Waals surface area (Å²) in [7, 11) is 0. The maximum Gasteiger partial charge on any atom is 0.136 e. The minimum Gasteiger partial charge on any atom is -0.624 e. The highest BCUT2D eigenvalue weighted by Gasteiger charge is 2.22. The number of nitrogens with zero attached hydrogens (tertiary/aromatic N) is 2. The Balaban J connectivity index is 0.887. The lowest BCUT2D eigenvalue weighted by Crippen LogP contribution is -2.44. The number of benzene rings is 8. The smallest absolute Gasteiger partial charge is 0.136 e. The van der Waals surface area contributed by atoms with E-state index in [2.05, 4.69) is 197 Å². The maximum atomic E-state index is 6.52. The molecule has 1 fully saturated rings. The lowest BCUT2D eigenvalue weighted by molar-refractivity contribution is 0.316. The van der Waals surface area contributed by atoms with Crippen molar-refractivity contribution in [2.45, 2.75) is 18.5 Å². The largest absolute Gasteiger partial charge is 0.624 e. The third-order valence-electron chi connectivity index (χ3n) is 11.6. The Hall–Kier alpha value is -6.54. The van der Waals surface area contributed by atoms with Gasteiger partial charge in [0.05, 0.1) is 17.2 Å². The predicted molar refractivity (Wildman–Crippen MR) is 237 cm³/mol. The van der Waals surface area contributed by atoms with E-state index in [-0.39, 0.29) is 18.5 Å². The molecule has 1 aliphatic heterocycles. The summed E-state index contributed by atoms with van der Waals surface area (Å²) in [6.45, 7) is 0. The molecule has 0 spiro atoms. The second-order valence-corrected chi connectivity index (χ2v) is 16.1. The van der Waals surface area contributed by atoms with Gasteiger partial charge in [0.2, 0.25) is 0 Å². The van der Waals surface area contributed by atoms with Gasteiger partial charge in [-0.25, -0.2) is 0 Å². The molecule has 11 aromatic rings. The van der Waals surface area contributed by atoms with E-state index in [0.717, 1.165) is 44.3 Å². The number of para-hydroxylation sites is 2. The van der Waals surface area contributed by atoms with Crippen LogP contribution in [0.5, 0.6) is 0 Å². The Kier molecular flexibility index (Phi) is 7.46. The van der Waals surface area contributed by atoms with Crippen molar-refractivity contribution in [1.82, 2.24) is 15.2 Å². The third kappa shape index (κ3) is 5.41. The molecule has 12 rings (SSSR count). The summed E-state index contributed by atoms with van der Waals surface area (Å²) in [5.41, 5.74) is 11.1. The van der Waals surface area contributed by atoms with E-state index in [9.17, 15) is 0 Å². The molecule has 1 aliphatic rings. The van der Waals surface area contributed by atoms with Gasteiger partial charge in [-0.15, -0.1) is 11.3 Å². The molecule has 0 amide bonds. The Morgan fingerprint density at radius 3 is 1.86 bits per heavy atom. The molecular weight excluding hydrogens is 717 g/mol. The molecular formula is C51H35N4OS-. The molecule has 1 saturated heterocycles. The van der Waals surface area contributed by atoms with Gasteiger partial charge in [0.25, 0.3) is 0 Å². The van der Waals surface area contributed by atoms with Crippen molar-refractivity contribution in [2.24, 2.45) is 0 Å². The monoisotopic (exact) mass is 751 g/mol. The zero-order chi connectivity index (χ0) is 37.5. The maximum absolute atomic E-state index is 6.52. The first-order chi connectivity index (χ1) is 28.2. The van der Waals surface area contributed by atoms with Crippen LogP contribution in [0.25, 0.3) is 86.0 Å². The molecule has 3 aromatic heterocycles. The molecule has 0 aliphatic carbocycles. The molecule has 2 N–H and O–H groups in total. The first kappa shape index (κ1) is 32.7. The standard InChI is InChI=1S/C51H35N4OS/c1-3-11-31(12-4-1)49-52-50(32-13-5-2-6-14-32)54-51(53-49)35-20-24-40-42-27-33(21-26-47(42)57-48(40)29-35)34-19-23-39-41-30-36(22-25-45(41)56-46(39)28-34)55-43-17-9-7-15-37(43)38-16-8-10-18-44(38)55/h1-30,49-53H/q-1. The minimum atomic E-state index is -0.166. The number of rotatable bonds is 5. The SMILES string of the molecule is c1ccc(C2[N-]C(c3ccc4c(c3)sc3ccc(-c5ccc6c(c5)oc5ccc(-n7c8ccccc8c8ccccc87)cc56)cc34)NC(c3ccccc3)N2)cc1. The van der Waals surface area contributed by atoms with Crippen LogP contribution in [-0.4, -0.2) is 4.57 Å². The van der Waals surface area contributed by atoms with Crippen LogP contribution >= 0.6 is 11.3 Å². The lowest BCUT2D eigenvalue weighted by Gasteiger charge is -2.50. The van der Waals surface area contributed by atoms with Crippen LogP contribution in [0.15, 0.2) is 186 Å². The average molecular weight is 752 g/mol. The van der Waals surface area contributed by atoms with Crippen LogP contribution < -0.4 is 10.6 Å². The number of hydrogen-bond acceptors (Lipinski definition) is 4. The van der Waals surface area contributed by atoms with E-state index >= 15 is 0 Å². The third-order valence-corrected chi connectivity index (χ3v) is 12.8. The molecule has 8 aromatic carbocycles. The van der Waals surface area contributed by atoms with Crippen molar-refractivity contribution < 1.29 is 4.42 Å². The molecule has 5 nitrogen and oxygen atoms in total. The fraction of sp³-hybridized carbons (Fsp3) is 0.0588. The molecule has 272 valence electrons. The summed E-state index contributed by atoms with van der Waals surface area (Å²) in [6, 6.07) is 65.2. The van der Waals surface area contributed by atoms with Crippen LogP contribution in [-0.2, 0) is 0 Å². The fourth-order valence-corrected chi connectivity index (χ4v) is 10.00. The van der Waals surface area contributed by atoms with E-state index < -0.39 is 0 Å². The number of thiophene rings is 1. The minimum absolute atomic E-state index is 0.0363. The van der Waals surface area contributed by atoms with Gasteiger partial charge in [-0.2, -0.15) is 0 Å². The number of hydrogen-bond donors (Lipinski definition) is 2. The zero-order valence-electron chi connectivity index (χ0n) is 30.8. The molecule has 6 heteroatoms. The van der Waals surface area contributed by atoms with Crippen molar-refractivity contribution in [3.8, 4) is 16.8 Å². The van der Waals surface area contributed by atoms with Crippen LogP contribution in [0.3, 0.4) is 0 Å². The van der Waals surface area contributed by atoms with E-state index in [0.29, 0.717) is 0 Å². The fourth-order valence-electron chi connectivity index (χ4n) is 8.86. The zero-order valence-corrected chi connectivity index (χ0v) is 31.6. The number of furan rings is 1. The van der Waals surface area contributed by atoms with Gasteiger partial charge in [-0.3, -0.25) is 0 Å². The van der Waals surface area contributed by atoms with Gasteiger partial charge in [0.15, 0.2) is 0 Å². The molecule has 0 bridgehead atoms. The highest BCUT2D eigenvalue weighted by Crippen LogP contribution is 2.42. The van der Waals surface area contributed by atoms with Crippen molar-refractivity contribution in [2.75, 3.05) is 0 Å². The first-order valence-electron chi connectivity index (χ1n) is 19.5. The summed E-state index contributed by atoms with van der Waals surface area (Å²) < 4.78 is 11.4. The van der Waals surface area contributed by atoms with Gasteiger partial charge < -0.3 is 24.9 Å². The Morgan fingerprint density at radius 1 is 0.439 bits per heavy atom. The summed E-state index contributed by atoms with van der Waals surface area (Å²) >= 11 is 1.84. The normalized spacial score (nSPS) is 17.4. The Morgan fingerprint density at radius 2 is 1.09 bits per heavy atom. The second-order valence-electron chi connectivity index (χ2n) is 15.0. The summed E-state index contributed by atoms with van der Waals surface area (Å²) in [5.74, 6) is 0. The van der Waals surface area contributed by atoms with Crippen molar-refractivity contribution in [3.63, 3.8) is 0 Å². The van der Waals surface area contributed by atoms with Crippen LogP contribution in [0, 0.1) is 0 Å². The average Bonchev–Trinajstić information content (AvgIpc) is 3.95. The van der Waals surface area contributed by atoms with Crippen molar-refractivity contribution in [3.05, 3.63) is 204 Å². The van der Waals surface area contributed by atoms with Crippen LogP contribution in [0.4, 0.5) is 0 Å². The molecule has 0 saturated carbocycles. The highest BCUT2D eigenvalue weighted by molar-refractivity contribution is 7.25. The lowest BCUT2D eigenvalue weighted by atomic mass is 10.0. The number of fused-ring (bicyclic) bond motifs is 9. The topological polar surface area (TPSA) is 56.2 Å². The number of aromatic nitrogens is 1. The molecule has 3 unspecified atom stereocenters. The second kappa shape index (κ2) is 13.0. The van der Waals surface area contributed by atoms with E-state index in [1.807, 2.05) is 11.3 Å². The van der Waals surface area contributed by atoms with E-state index in [1.165, 1.54) is 53.1 Å². The molecule has 4 heterocycles. The van der Waals surface area contributed by atoms with E-state index in [4.69, 9.17) is 9.73 Å². The van der Waals surface area contributed by atoms with Gasteiger partial charge in [0, 0.05) is 47.4 Å². The quantitative estimate of drug-likeness (QED) is 0.184. The summed E-state index contributed by atoms with van der Waals surface area (Å²) in [5, 5.41) is 20.0. The van der Waals surface area contributed by atoms with Crippen LogP contribution in [0.1, 0.15) is 35.2 Å². The van der Waals surface area contributed by atoms with Gasteiger partial charge in [0.1, 0.15) is 11.2 Å². The van der Waals surface area contributed by atoms with Crippen LogP contribution in [0.2, 0.25) is 0 Å². The summed E-state index contributed by atoms with van der Waals surface area (Å²) in [6.07, 6.45) is -0.333. The van der Waals surface area contributed by atoms with E-state index in [1.54, 1.807) is 0 Å². The first-order valence-corrected chi connectivity index (χ1v) is 20.3. The number of nitrogens with one attached hydrogen (secondary N) is 2. The summed E-state index contributed by atoms with van der Waals surface area (Å²) in [4.78, 5) is 0. The van der Waals surface area contributed by atoms with Crippen molar-refractivity contribution in [1.29, 1.82) is 0 Å². The van der Waals surface area contributed by atoms with Gasteiger partial charge in [-0.1, -0.05) is 145 Å². The van der Waals surface area contributed by atoms with Gasteiger partial charge >= 0.3 is 0 Å². The highest BCUT2D eigenvalue weighted by atomic mass is 32.1. The molecule has 0 radical (unpaired) electrons. The van der Waals surface area contributed by atoms with Crippen molar-refractivity contribution >= 4 is 75.3 Å². The van der Waals surface area contributed by atoms with Gasteiger partial charge in [-0.05, 0) is 77.4 Å². The molecule has 57 heavy (non-hydrogen) atoms. The Labute approximate surface area is 332 Å².